The molecule has 2 aromatic heterocycles. The molecule has 0 spiro atoms. The molecule has 3 heterocycles. The van der Waals surface area contributed by atoms with E-state index >= 15 is 0 Å². The Morgan fingerprint density at radius 3 is 2.64 bits per heavy atom. The third-order valence-electron chi connectivity index (χ3n) is 5.88. The van der Waals surface area contributed by atoms with Gasteiger partial charge in [0, 0.05) is 47.6 Å². The molecule has 5 rings (SSSR count). The number of aromatic amines is 1. The van der Waals surface area contributed by atoms with Crippen molar-refractivity contribution >= 4 is 43.3 Å². The van der Waals surface area contributed by atoms with Crippen molar-refractivity contribution in [1.82, 2.24) is 14.3 Å². The van der Waals surface area contributed by atoms with E-state index in [-0.39, 0.29) is 5.91 Å². The van der Waals surface area contributed by atoms with Crippen LogP contribution >= 0.6 is 11.3 Å². The Labute approximate surface area is 196 Å². The van der Waals surface area contributed by atoms with E-state index in [4.69, 9.17) is 0 Å². The zero-order valence-electron chi connectivity index (χ0n) is 18.0. The first-order valence-corrected chi connectivity index (χ1v) is 13.2. The van der Waals surface area contributed by atoms with Gasteiger partial charge in [-0.1, -0.05) is 30.3 Å². The van der Waals surface area contributed by atoms with Crippen molar-refractivity contribution in [2.75, 3.05) is 18.4 Å². The van der Waals surface area contributed by atoms with Crippen molar-refractivity contribution in [3.8, 4) is 11.3 Å². The van der Waals surface area contributed by atoms with Gasteiger partial charge in [0.25, 0.3) is 0 Å². The van der Waals surface area contributed by atoms with Crippen molar-refractivity contribution in [3.05, 3.63) is 65.7 Å². The zero-order chi connectivity index (χ0) is 22.8. The first-order valence-electron chi connectivity index (χ1n) is 10.9. The maximum absolute atomic E-state index is 12.6. The molecule has 0 radical (unpaired) electrons. The molecule has 33 heavy (non-hydrogen) atoms. The molecule has 2 N–H and O–H groups in total. The minimum Gasteiger partial charge on any atom is -0.360 e. The lowest BCUT2D eigenvalue weighted by Crippen LogP contribution is -2.27. The van der Waals surface area contributed by atoms with Crippen LogP contribution in [-0.4, -0.2) is 41.7 Å². The molecule has 7 nitrogen and oxygen atoms in total. The number of sulfonamides is 1. The van der Waals surface area contributed by atoms with Crippen LogP contribution in [0.5, 0.6) is 0 Å². The second-order valence-electron chi connectivity index (χ2n) is 8.09. The van der Waals surface area contributed by atoms with Crippen LogP contribution < -0.4 is 5.32 Å². The van der Waals surface area contributed by atoms with Crippen LogP contribution in [-0.2, 0) is 21.2 Å². The number of para-hydroxylation sites is 1. The number of carbonyl (C=O) groups excluding carboxylic acids is 1. The van der Waals surface area contributed by atoms with E-state index in [0.29, 0.717) is 36.0 Å². The van der Waals surface area contributed by atoms with Crippen molar-refractivity contribution in [2.24, 2.45) is 0 Å². The number of amides is 1. The summed E-state index contributed by atoms with van der Waals surface area (Å²) in [6.07, 6.45) is 4.57. The van der Waals surface area contributed by atoms with Crippen molar-refractivity contribution in [2.45, 2.75) is 30.6 Å². The monoisotopic (exact) mass is 480 g/mol. The van der Waals surface area contributed by atoms with Gasteiger partial charge in [0.15, 0.2) is 5.13 Å². The molecule has 1 amide bonds. The van der Waals surface area contributed by atoms with E-state index in [2.05, 4.69) is 15.3 Å². The van der Waals surface area contributed by atoms with Gasteiger partial charge >= 0.3 is 0 Å². The minimum absolute atomic E-state index is 0.122. The number of nitrogens with one attached hydrogen (secondary N) is 2. The molecule has 1 aliphatic rings. The standard InChI is InChI=1S/C24H24N4O3S2/c29-23(12-9-17-7-10-18(11-8-17)33(30,31)28-13-3-4-14-28)27-24-26-22(16-32-24)20-15-25-21-6-2-1-5-19(20)21/h1-2,5-8,10-11,15-16,25H,3-4,9,12-14H2,(H,26,27,29). The molecule has 0 saturated carbocycles. The molecular weight excluding hydrogens is 456 g/mol. The lowest BCUT2D eigenvalue weighted by molar-refractivity contribution is -0.116. The highest BCUT2D eigenvalue weighted by molar-refractivity contribution is 7.89. The van der Waals surface area contributed by atoms with Crippen LogP contribution in [0.2, 0.25) is 0 Å². The number of carbonyl (C=O) groups is 1. The van der Waals surface area contributed by atoms with Gasteiger partial charge in [0.1, 0.15) is 0 Å². The SMILES string of the molecule is O=C(CCc1ccc(S(=O)(=O)N2CCCC2)cc1)Nc1nc(-c2c[nH]c3ccccc23)cs1. The number of anilines is 1. The third-order valence-corrected chi connectivity index (χ3v) is 8.55. The van der Waals surface area contributed by atoms with Crippen molar-refractivity contribution < 1.29 is 13.2 Å². The summed E-state index contributed by atoms with van der Waals surface area (Å²) in [4.78, 5) is 20.6. The molecule has 1 saturated heterocycles. The average molecular weight is 481 g/mol. The minimum atomic E-state index is -3.41. The summed E-state index contributed by atoms with van der Waals surface area (Å²) >= 11 is 1.39. The number of H-pyrrole nitrogens is 1. The lowest BCUT2D eigenvalue weighted by Gasteiger charge is -2.15. The fourth-order valence-electron chi connectivity index (χ4n) is 4.08. The Morgan fingerprint density at radius 1 is 1.09 bits per heavy atom. The number of rotatable bonds is 7. The molecule has 170 valence electrons. The fraction of sp³-hybridized carbons (Fsp3) is 0.250. The van der Waals surface area contributed by atoms with E-state index in [1.54, 1.807) is 24.3 Å². The lowest BCUT2D eigenvalue weighted by atomic mass is 10.1. The summed E-state index contributed by atoms with van der Waals surface area (Å²) in [7, 11) is -3.41. The van der Waals surface area contributed by atoms with Crippen LogP contribution in [0.25, 0.3) is 22.2 Å². The predicted molar refractivity (Wildman–Crippen MR) is 131 cm³/mol. The Bertz CT molecular complexity index is 1380. The second-order valence-corrected chi connectivity index (χ2v) is 10.9. The van der Waals surface area contributed by atoms with Gasteiger partial charge in [0.05, 0.1) is 10.6 Å². The Hall–Kier alpha value is -3.01. The highest BCUT2D eigenvalue weighted by atomic mass is 32.2. The van der Waals surface area contributed by atoms with E-state index in [1.807, 2.05) is 35.8 Å². The van der Waals surface area contributed by atoms with Crippen molar-refractivity contribution in [1.29, 1.82) is 0 Å². The molecule has 0 atom stereocenters. The third kappa shape index (κ3) is 4.57. The van der Waals surface area contributed by atoms with Crippen LogP contribution in [0.3, 0.4) is 0 Å². The molecule has 0 bridgehead atoms. The summed E-state index contributed by atoms with van der Waals surface area (Å²) in [5, 5.41) is 6.46. The Balaban J connectivity index is 1.18. The highest BCUT2D eigenvalue weighted by Gasteiger charge is 2.26. The Kier molecular flexibility index (Phi) is 6.01. The van der Waals surface area contributed by atoms with Gasteiger partial charge < -0.3 is 10.3 Å². The Morgan fingerprint density at radius 2 is 1.85 bits per heavy atom. The smallest absolute Gasteiger partial charge is 0.243 e. The van der Waals surface area contributed by atoms with E-state index in [9.17, 15) is 13.2 Å². The molecule has 0 aliphatic carbocycles. The van der Waals surface area contributed by atoms with E-state index in [1.165, 1.54) is 15.6 Å². The maximum Gasteiger partial charge on any atom is 0.243 e. The van der Waals surface area contributed by atoms with Crippen LogP contribution in [0, 0.1) is 0 Å². The van der Waals surface area contributed by atoms with Crippen LogP contribution in [0.1, 0.15) is 24.8 Å². The molecule has 1 aliphatic heterocycles. The number of thiazole rings is 1. The van der Waals surface area contributed by atoms with Crippen LogP contribution in [0.4, 0.5) is 5.13 Å². The summed E-state index contributed by atoms with van der Waals surface area (Å²) in [6, 6.07) is 14.9. The summed E-state index contributed by atoms with van der Waals surface area (Å²) in [5.74, 6) is -0.122. The maximum atomic E-state index is 12.6. The largest absolute Gasteiger partial charge is 0.360 e. The number of aromatic nitrogens is 2. The average Bonchev–Trinajstić information content (AvgIpc) is 3.58. The molecule has 4 aromatic rings. The van der Waals surface area contributed by atoms with Crippen molar-refractivity contribution in [3.63, 3.8) is 0 Å². The number of fused-ring (bicyclic) bond motifs is 1. The molecule has 0 unspecified atom stereocenters. The summed E-state index contributed by atoms with van der Waals surface area (Å²) < 4.78 is 26.8. The number of hydrogen-bond acceptors (Lipinski definition) is 5. The van der Waals surface area contributed by atoms with Gasteiger partial charge in [-0.15, -0.1) is 11.3 Å². The fourth-order valence-corrected chi connectivity index (χ4v) is 6.33. The topological polar surface area (TPSA) is 95.2 Å². The molecular formula is C24H24N4O3S2. The summed E-state index contributed by atoms with van der Waals surface area (Å²) in [5.41, 5.74) is 3.79. The summed E-state index contributed by atoms with van der Waals surface area (Å²) in [6.45, 7) is 1.17. The quantitative estimate of drug-likeness (QED) is 0.403. The number of hydrogen-bond donors (Lipinski definition) is 2. The second kappa shape index (κ2) is 9.09. The first-order chi connectivity index (χ1) is 16.0. The van der Waals surface area contributed by atoms with Gasteiger partial charge in [-0.25, -0.2) is 13.4 Å². The zero-order valence-corrected chi connectivity index (χ0v) is 19.6. The van der Waals surface area contributed by atoms with Crippen LogP contribution in [0.15, 0.2) is 65.0 Å². The first kappa shape index (κ1) is 21.8. The molecule has 1 fully saturated rings. The van der Waals surface area contributed by atoms with E-state index < -0.39 is 10.0 Å². The van der Waals surface area contributed by atoms with Gasteiger partial charge in [0.2, 0.25) is 15.9 Å². The number of benzene rings is 2. The normalized spacial score (nSPS) is 14.7. The predicted octanol–water partition coefficient (Wildman–Crippen LogP) is 4.65. The number of nitrogens with zero attached hydrogens (tertiary/aromatic N) is 2. The van der Waals surface area contributed by atoms with E-state index in [0.717, 1.165) is 40.6 Å². The molecule has 9 heteroatoms. The van der Waals surface area contributed by atoms with Gasteiger partial charge in [-0.2, -0.15) is 4.31 Å². The van der Waals surface area contributed by atoms with Gasteiger partial charge in [-0.05, 0) is 43.0 Å². The highest BCUT2D eigenvalue weighted by Crippen LogP contribution is 2.31. The molecule has 2 aromatic carbocycles. The number of aryl methyl sites for hydroxylation is 1. The van der Waals surface area contributed by atoms with Gasteiger partial charge in [-0.3, -0.25) is 4.79 Å².